The molecule has 0 fully saturated rings. The van der Waals surface area contributed by atoms with Gasteiger partial charge in [0, 0.05) is 12.2 Å². The molecule has 2 rings (SSSR count). The molecule has 0 aliphatic rings. The van der Waals surface area contributed by atoms with Crippen LogP contribution in [-0.2, 0) is 16.6 Å². The molecule has 0 unspecified atom stereocenters. The number of primary sulfonamides is 1. The normalized spacial score (nSPS) is 11.8. The summed E-state index contributed by atoms with van der Waals surface area (Å²) < 4.78 is 29.6. The second kappa shape index (κ2) is 5.64. The molecule has 2 N–H and O–H groups in total. The van der Waals surface area contributed by atoms with Crippen molar-refractivity contribution in [3.8, 4) is 5.75 Å². The van der Waals surface area contributed by atoms with E-state index in [1.165, 1.54) is 12.1 Å². The molecule has 0 atom stereocenters. The Morgan fingerprint density at radius 2 is 1.90 bits per heavy atom. The maximum atomic E-state index is 11.1. The predicted octanol–water partition coefficient (Wildman–Crippen LogP) is 1.69. The lowest BCUT2D eigenvalue weighted by Crippen LogP contribution is -2.11. The Balaban J connectivity index is 2.00. The fraction of sp³-hybridized carbons (Fsp3) is 0.308. The van der Waals surface area contributed by atoms with Crippen LogP contribution in [0.3, 0.4) is 0 Å². The van der Waals surface area contributed by atoms with Crippen molar-refractivity contribution in [2.75, 3.05) is 0 Å². The van der Waals surface area contributed by atoms with Crippen LogP contribution in [0.5, 0.6) is 5.75 Å². The standard InChI is InChI=1S/C13H17N3O3S/c1-10(2)16-8-7-11(15-16)9-19-12-3-5-13(6-4-12)20(14,17)18/h3-8,10H,9H2,1-2H3,(H2,14,17,18). The lowest BCUT2D eigenvalue weighted by Gasteiger charge is -2.06. The van der Waals surface area contributed by atoms with Crippen LogP contribution in [0.1, 0.15) is 25.6 Å². The van der Waals surface area contributed by atoms with Crippen molar-refractivity contribution in [1.82, 2.24) is 9.78 Å². The minimum atomic E-state index is -3.66. The van der Waals surface area contributed by atoms with Crippen LogP contribution in [0.15, 0.2) is 41.4 Å². The number of sulfonamides is 1. The first-order valence-corrected chi connectivity index (χ1v) is 7.70. The van der Waals surface area contributed by atoms with Crippen molar-refractivity contribution < 1.29 is 13.2 Å². The van der Waals surface area contributed by atoms with E-state index in [1.54, 1.807) is 12.1 Å². The van der Waals surface area contributed by atoms with Gasteiger partial charge in [-0.25, -0.2) is 13.6 Å². The maximum absolute atomic E-state index is 11.1. The van der Waals surface area contributed by atoms with Gasteiger partial charge in [-0.3, -0.25) is 4.68 Å². The molecule has 1 aromatic heterocycles. The number of ether oxygens (including phenoxy) is 1. The number of hydrogen-bond donors (Lipinski definition) is 1. The fourth-order valence-electron chi connectivity index (χ4n) is 1.62. The number of aromatic nitrogens is 2. The van der Waals surface area contributed by atoms with Crippen LogP contribution < -0.4 is 9.88 Å². The van der Waals surface area contributed by atoms with Crippen LogP contribution in [0.2, 0.25) is 0 Å². The summed E-state index contributed by atoms with van der Waals surface area (Å²) in [7, 11) is -3.66. The SMILES string of the molecule is CC(C)n1ccc(COc2ccc(S(N)(=O)=O)cc2)n1. The minimum absolute atomic E-state index is 0.0638. The first-order valence-electron chi connectivity index (χ1n) is 6.16. The summed E-state index contributed by atoms with van der Waals surface area (Å²) in [5, 5.41) is 9.38. The molecule has 0 saturated carbocycles. The van der Waals surface area contributed by atoms with E-state index in [4.69, 9.17) is 9.88 Å². The Bertz CT molecular complexity index is 675. The predicted molar refractivity (Wildman–Crippen MR) is 74.8 cm³/mol. The van der Waals surface area contributed by atoms with Gasteiger partial charge in [0.2, 0.25) is 10.0 Å². The third-order valence-corrected chi connectivity index (χ3v) is 3.66. The molecule has 0 amide bonds. The van der Waals surface area contributed by atoms with Gasteiger partial charge in [0.05, 0.1) is 10.6 Å². The van der Waals surface area contributed by atoms with Crippen molar-refractivity contribution in [1.29, 1.82) is 0 Å². The zero-order chi connectivity index (χ0) is 14.8. The second-order valence-corrected chi connectivity index (χ2v) is 6.25. The second-order valence-electron chi connectivity index (χ2n) is 4.69. The smallest absolute Gasteiger partial charge is 0.238 e. The van der Waals surface area contributed by atoms with E-state index in [-0.39, 0.29) is 4.90 Å². The monoisotopic (exact) mass is 295 g/mol. The van der Waals surface area contributed by atoms with E-state index in [1.807, 2.05) is 30.8 Å². The van der Waals surface area contributed by atoms with Gasteiger partial charge in [-0.05, 0) is 44.2 Å². The van der Waals surface area contributed by atoms with Gasteiger partial charge in [0.15, 0.2) is 0 Å². The van der Waals surface area contributed by atoms with Crippen molar-refractivity contribution in [3.63, 3.8) is 0 Å². The number of benzene rings is 1. The molecular formula is C13H17N3O3S. The average molecular weight is 295 g/mol. The zero-order valence-electron chi connectivity index (χ0n) is 11.4. The Kier molecular flexibility index (Phi) is 4.10. The van der Waals surface area contributed by atoms with Gasteiger partial charge in [0.25, 0.3) is 0 Å². The highest BCUT2D eigenvalue weighted by molar-refractivity contribution is 7.89. The number of nitrogens with two attached hydrogens (primary N) is 1. The highest BCUT2D eigenvalue weighted by atomic mass is 32.2. The van der Waals surface area contributed by atoms with Crippen LogP contribution in [-0.4, -0.2) is 18.2 Å². The molecule has 2 aromatic rings. The average Bonchev–Trinajstić information content (AvgIpc) is 2.85. The summed E-state index contributed by atoms with van der Waals surface area (Å²) in [4.78, 5) is 0.0638. The lowest BCUT2D eigenvalue weighted by atomic mass is 10.3. The first-order chi connectivity index (χ1) is 9.36. The van der Waals surface area contributed by atoms with Crippen molar-refractivity contribution in [3.05, 3.63) is 42.2 Å². The number of nitrogens with zero attached hydrogens (tertiary/aromatic N) is 2. The number of rotatable bonds is 5. The molecule has 7 heteroatoms. The molecule has 0 bridgehead atoms. The quantitative estimate of drug-likeness (QED) is 0.909. The molecule has 108 valence electrons. The van der Waals surface area contributed by atoms with Gasteiger partial charge in [-0.2, -0.15) is 5.10 Å². The molecule has 6 nitrogen and oxygen atoms in total. The minimum Gasteiger partial charge on any atom is -0.487 e. The Morgan fingerprint density at radius 3 is 2.40 bits per heavy atom. The maximum Gasteiger partial charge on any atom is 0.238 e. The molecule has 0 aliphatic heterocycles. The van der Waals surface area contributed by atoms with Crippen molar-refractivity contribution in [2.24, 2.45) is 5.14 Å². The Morgan fingerprint density at radius 1 is 1.25 bits per heavy atom. The highest BCUT2D eigenvalue weighted by Crippen LogP contribution is 2.16. The largest absolute Gasteiger partial charge is 0.487 e. The number of hydrogen-bond acceptors (Lipinski definition) is 4. The summed E-state index contributed by atoms with van der Waals surface area (Å²) in [6, 6.07) is 8.16. The first kappa shape index (κ1) is 14.5. The van der Waals surface area contributed by atoms with Crippen LogP contribution in [0.25, 0.3) is 0 Å². The van der Waals surface area contributed by atoms with Gasteiger partial charge in [-0.1, -0.05) is 0 Å². The van der Waals surface area contributed by atoms with E-state index in [0.717, 1.165) is 5.69 Å². The van der Waals surface area contributed by atoms with Crippen LogP contribution >= 0.6 is 0 Å². The van der Waals surface area contributed by atoms with Gasteiger partial charge in [0.1, 0.15) is 12.4 Å². The molecule has 20 heavy (non-hydrogen) atoms. The van der Waals surface area contributed by atoms with E-state index in [0.29, 0.717) is 18.4 Å². The van der Waals surface area contributed by atoms with Gasteiger partial charge < -0.3 is 4.74 Å². The fourth-order valence-corrected chi connectivity index (χ4v) is 2.14. The van der Waals surface area contributed by atoms with Crippen molar-refractivity contribution >= 4 is 10.0 Å². The van der Waals surface area contributed by atoms with E-state index >= 15 is 0 Å². The van der Waals surface area contributed by atoms with Crippen LogP contribution in [0.4, 0.5) is 0 Å². The van der Waals surface area contributed by atoms with E-state index in [9.17, 15) is 8.42 Å². The summed E-state index contributed by atoms with van der Waals surface area (Å²) >= 11 is 0. The molecule has 1 heterocycles. The van der Waals surface area contributed by atoms with Gasteiger partial charge >= 0.3 is 0 Å². The topological polar surface area (TPSA) is 87.2 Å². The Hall–Kier alpha value is -1.86. The summed E-state index contributed by atoms with van der Waals surface area (Å²) in [6.07, 6.45) is 1.90. The van der Waals surface area contributed by atoms with Crippen LogP contribution in [0, 0.1) is 0 Å². The van der Waals surface area contributed by atoms with Gasteiger partial charge in [-0.15, -0.1) is 0 Å². The van der Waals surface area contributed by atoms with E-state index in [2.05, 4.69) is 5.10 Å². The van der Waals surface area contributed by atoms with Crippen molar-refractivity contribution in [2.45, 2.75) is 31.4 Å². The summed E-state index contributed by atoms with van der Waals surface area (Å²) in [6.45, 7) is 4.42. The molecule has 0 spiro atoms. The lowest BCUT2D eigenvalue weighted by molar-refractivity contribution is 0.298. The highest BCUT2D eigenvalue weighted by Gasteiger charge is 2.07. The zero-order valence-corrected chi connectivity index (χ0v) is 12.2. The molecule has 1 aromatic carbocycles. The molecule has 0 aliphatic carbocycles. The molecule has 0 saturated heterocycles. The molecular weight excluding hydrogens is 278 g/mol. The summed E-state index contributed by atoms with van der Waals surface area (Å²) in [5.74, 6) is 0.566. The van der Waals surface area contributed by atoms with E-state index < -0.39 is 10.0 Å². The third kappa shape index (κ3) is 3.58. The third-order valence-electron chi connectivity index (χ3n) is 2.73. The Labute approximate surface area is 118 Å². The summed E-state index contributed by atoms with van der Waals surface area (Å²) in [5.41, 5.74) is 0.814. The molecule has 0 radical (unpaired) electrons.